The molecule has 7 heteroatoms. The second-order valence-corrected chi connectivity index (χ2v) is 3.15. The Bertz CT molecular complexity index is 486. The Morgan fingerprint density at radius 1 is 1.57 bits per heavy atom. The SMILES string of the molecule is N#Cc1cc([N+](=O)[O-])cc(Br)c1[N+]#N. The third kappa shape index (κ3) is 1.68. The van der Waals surface area contributed by atoms with Gasteiger partial charge in [0.2, 0.25) is 5.39 Å². The summed E-state index contributed by atoms with van der Waals surface area (Å²) in [6, 6.07) is 3.90. The molecule has 0 radical (unpaired) electrons. The van der Waals surface area contributed by atoms with Crippen LogP contribution in [-0.2, 0) is 0 Å². The van der Waals surface area contributed by atoms with Crippen LogP contribution in [0.1, 0.15) is 5.56 Å². The number of nitriles is 1. The molecular weight excluding hydrogens is 252 g/mol. The van der Waals surface area contributed by atoms with E-state index in [4.69, 9.17) is 10.7 Å². The van der Waals surface area contributed by atoms with Crippen LogP contribution in [0, 0.1) is 26.8 Å². The molecule has 0 N–H and O–H groups in total. The third-order valence-electron chi connectivity index (χ3n) is 1.48. The van der Waals surface area contributed by atoms with Crippen LogP contribution < -0.4 is 0 Å². The first-order chi connectivity index (χ1) is 6.60. The molecule has 0 unspecified atom stereocenters. The van der Waals surface area contributed by atoms with E-state index >= 15 is 0 Å². The van der Waals surface area contributed by atoms with E-state index in [1.165, 1.54) is 0 Å². The van der Waals surface area contributed by atoms with E-state index in [9.17, 15) is 10.1 Å². The van der Waals surface area contributed by atoms with Gasteiger partial charge in [-0.25, -0.2) is 0 Å². The summed E-state index contributed by atoms with van der Waals surface area (Å²) in [6.07, 6.45) is 0. The second kappa shape index (κ2) is 3.81. The quantitative estimate of drug-likeness (QED) is 0.437. The van der Waals surface area contributed by atoms with E-state index in [0.717, 1.165) is 12.1 Å². The van der Waals surface area contributed by atoms with Crippen molar-refractivity contribution in [3.63, 3.8) is 0 Å². The number of hydrogen-bond acceptors (Lipinski definition) is 4. The Labute approximate surface area is 86.7 Å². The van der Waals surface area contributed by atoms with Gasteiger partial charge in [-0.05, 0) is 15.9 Å². The number of hydrogen-bond donors (Lipinski definition) is 0. The maximum Gasteiger partial charge on any atom is 0.417 e. The number of non-ortho nitro benzene ring substituents is 1. The predicted octanol–water partition coefficient (Wildman–Crippen LogP) is 2.71. The van der Waals surface area contributed by atoms with Crippen molar-refractivity contribution in [2.24, 2.45) is 0 Å². The molecule has 0 saturated carbocycles. The molecular formula is C7H2BrN4O2+. The number of nitro groups is 1. The molecule has 0 bridgehead atoms. The highest BCUT2D eigenvalue weighted by Crippen LogP contribution is 2.33. The van der Waals surface area contributed by atoms with Gasteiger partial charge in [-0.2, -0.15) is 5.26 Å². The Balaban J connectivity index is 3.51. The Morgan fingerprint density at radius 3 is 2.64 bits per heavy atom. The zero-order valence-electron chi connectivity index (χ0n) is 6.64. The van der Waals surface area contributed by atoms with E-state index in [1.807, 2.05) is 0 Å². The molecule has 14 heavy (non-hydrogen) atoms. The molecule has 0 fully saturated rings. The monoisotopic (exact) mass is 253 g/mol. The Hall–Kier alpha value is -1.99. The summed E-state index contributed by atoms with van der Waals surface area (Å²) >= 11 is 2.96. The summed E-state index contributed by atoms with van der Waals surface area (Å²) in [4.78, 5) is 12.6. The lowest BCUT2D eigenvalue weighted by Gasteiger charge is -1.91. The molecule has 68 valence electrons. The van der Waals surface area contributed by atoms with Crippen molar-refractivity contribution in [2.45, 2.75) is 0 Å². The van der Waals surface area contributed by atoms with Gasteiger partial charge >= 0.3 is 5.69 Å². The van der Waals surface area contributed by atoms with E-state index in [2.05, 4.69) is 20.9 Å². The summed E-state index contributed by atoms with van der Waals surface area (Å²) in [5, 5.41) is 27.6. The van der Waals surface area contributed by atoms with Crippen LogP contribution in [0.2, 0.25) is 0 Å². The molecule has 0 aliphatic heterocycles. The van der Waals surface area contributed by atoms with Crippen LogP contribution in [0.25, 0.3) is 4.98 Å². The van der Waals surface area contributed by atoms with Crippen molar-refractivity contribution in [1.29, 1.82) is 10.7 Å². The first kappa shape index (κ1) is 10.1. The highest BCUT2D eigenvalue weighted by atomic mass is 79.9. The standard InChI is InChI=1S/C7H2BrN4O2/c8-6-2-5(12(13)14)1-4(3-9)7(6)11-10/h1-2H/q+1. The highest BCUT2D eigenvalue weighted by Gasteiger charge is 2.23. The molecule has 0 aliphatic carbocycles. The van der Waals surface area contributed by atoms with Gasteiger partial charge in [-0.15, -0.1) is 0 Å². The minimum Gasteiger partial charge on any atom is -0.258 e. The average molecular weight is 254 g/mol. The van der Waals surface area contributed by atoms with Crippen LogP contribution in [-0.4, -0.2) is 4.92 Å². The van der Waals surface area contributed by atoms with Crippen LogP contribution >= 0.6 is 15.9 Å². The first-order valence-electron chi connectivity index (χ1n) is 3.33. The van der Waals surface area contributed by atoms with Crippen molar-refractivity contribution in [3.05, 3.63) is 37.3 Å². The van der Waals surface area contributed by atoms with Crippen molar-refractivity contribution in [2.75, 3.05) is 0 Å². The van der Waals surface area contributed by atoms with Crippen molar-refractivity contribution in [3.8, 4) is 6.07 Å². The molecule has 0 saturated heterocycles. The van der Waals surface area contributed by atoms with Crippen LogP contribution in [0.4, 0.5) is 11.4 Å². The van der Waals surface area contributed by atoms with Crippen molar-refractivity contribution < 1.29 is 4.92 Å². The van der Waals surface area contributed by atoms with Gasteiger partial charge in [0.25, 0.3) is 5.69 Å². The van der Waals surface area contributed by atoms with Crippen LogP contribution in [0.15, 0.2) is 16.6 Å². The lowest BCUT2D eigenvalue weighted by atomic mass is 10.2. The summed E-state index contributed by atoms with van der Waals surface area (Å²) < 4.78 is 0.200. The van der Waals surface area contributed by atoms with E-state index < -0.39 is 4.92 Å². The van der Waals surface area contributed by atoms with Gasteiger partial charge in [-0.1, -0.05) is 0 Å². The number of nitro benzene ring substituents is 1. The van der Waals surface area contributed by atoms with Crippen LogP contribution in [0.5, 0.6) is 0 Å². The fourth-order valence-corrected chi connectivity index (χ4v) is 1.40. The first-order valence-corrected chi connectivity index (χ1v) is 4.12. The van der Waals surface area contributed by atoms with Crippen LogP contribution in [0.3, 0.4) is 0 Å². The Morgan fingerprint density at radius 2 is 2.21 bits per heavy atom. The summed E-state index contributed by atoms with van der Waals surface area (Å²) in [6.45, 7) is 0. The normalized spacial score (nSPS) is 8.79. The smallest absolute Gasteiger partial charge is 0.258 e. The molecule has 6 nitrogen and oxygen atoms in total. The maximum absolute atomic E-state index is 10.4. The Kier molecular flexibility index (Phi) is 2.75. The number of benzene rings is 1. The van der Waals surface area contributed by atoms with Gasteiger partial charge in [0.15, 0.2) is 10.5 Å². The molecule has 0 aromatic heterocycles. The zero-order chi connectivity index (χ0) is 10.7. The van der Waals surface area contributed by atoms with E-state index in [0.29, 0.717) is 0 Å². The van der Waals surface area contributed by atoms with Gasteiger partial charge in [0.05, 0.1) is 4.92 Å². The number of halogens is 1. The number of nitrogens with zero attached hydrogens (tertiary/aromatic N) is 4. The molecule has 0 atom stereocenters. The molecule has 0 aliphatic rings. The number of diazo groups is 1. The van der Waals surface area contributed by atoms with Crippen molar-refractivity contribution >= 4 is 27.3 Å². The summed E-state index contributed by atoms with van der Waals surface area (Å²) in [5.41, 5.74) is -0.312. The lowest BCUT2D eigenvalue weighted by Crippen LogP contribution is -1.89. The van der Waals surface area contributed by atoms with Gasteiger partial charge in [-0.3, -0.25) is 10.1 Å². The topological polar surface area (TPSA) is 95.1 Å². The minimum atomic E-state index is -0.632. The van der Waals surface area contributed by atoms with E-state index in [1.54, 1.807) is 6.07 Å². The zero-order valence-corrected chi connectivity index (χ0v) is 8.22. The number of rotatable bonds is 1. The van der Waals surface area contributed by atoms with Gasteiger partial charge < -0.3 is 0 Å². The maximum atomic E-state index is 10.4. The molecule has 0 amide bonds. The van der Waals surface area contributed by atoms with Gasteiger partial charge in [0.1, 0.15) is 10.5 Å². The predicted molar refractivity (Wildman–Crippen MR) is 50.3 cm³/mol. The molecule has 1 aromatic rings. The largest absolute Gasteiger partial charge is 0.417 e. The molecule has 1 rings (SSSR count). The molecule has 0 spiro atoms. The molecule has 0 heterocycles. The minimum absolute atomic E-state index is 0.0156. The lowest BCUT2D eigenvalue weighted by molar-refractivity contribution is -0.384. The highest BCUT2D eigenvalue weighted by molar-refractivity contribution is 9.10. The average Bonchev–Trinajstić information content (AvgIpc) is 2.16. The summed E-state index contributed by atoms with van der Waals surface area (Å²) in [7, 11) is 0. The summed E-state index contributed by atoms with van der Waals surface area (Å²) in [5.74, 6) is 0. The fourth-order valence-electron chi connectivity index (χ4n) is 0.877. The van der Waals surface area contributed by atoms with E-state index in [-0.39, 0.29) is 21.4 Å². The third-order valence-corrected chi connectivity index (χ3v) is 2.08. The second-order valence-electron chi connectivity index (χ2n) is 2.29. The van der Waals surface area contributed by atoms with Crippen molar-refractivity contribution in [1.82, 2.24) is 0 Å². The fraction of sp³-hybridized carbons (Fsp3) is 0. The molecule has 1 aromatic carbocycles. The van der Waals surface area contributed by atoms with Gasteiger partial charge in [0, 0.05) is 12.1 Å².